The number of imidazole rings is 1. The van der Waals surface area contributed by atoms with Crippen molar-refractivity contribution in [1.82, 2.24) is 14.5 Å². The molecule has 0 aliphatic carbocycles. The molecule has 4 rings (SSSR count). The highest BCUT2D eigenvalue weighted by atomic mass is 35.5. The number of anilines is 1. The molecule has 9 heteroatoms. The maximum atomic E-state index is 13.7. The van der Waals surface area contributed by atoms with Crippen LogP contribution in [0.15, 0.2) is 49.1 Å². The number of hydrogen-bond acceptors (Lipinski definition) is 6. The molecule has 0 unspecified atom stereocenters. The fourth-order valence-corrected chi connectivity index (χ4v) is 5.16. The number of halogens is 1. The molecule has 0 fully saturated rings. The van der Waals surface area contributed by atoms with Crippen LogP contribution in [-0.2, 0) is 6.54 Å². The van der Waals surface area contributed by atoms with Crippen molar-refractivity contribution in [2.45, 2.75) is 33.7 Å². The SMILES string of the molecule is CCOc1ccc(C(=O)N(CCCn2ccnc2)c2nc3c(C)cc(Cl)cc3s2)cc1OCC. The Hall–Kier alpha value is -3.10. The van der Waals surface area contributed by atoms with Gasteiger partial charge in [0, 0.05) is 36.1 Å². The highest BCUT2D eigenvalue weighted by Crippen LogP contribution is 2.35. The molecule has 2 aromatic heterocycles. The Morgan fingerprint density at radius 2 is 1.94 bits per heavy atom. The van der Waals surface area contributed by atoms with Crippen molar-refractivity contribution in [2.75, 3.05) is 24.7 Å². The fraction of sp³-hybridized carbons (Fsp3) is 0.320. The van der Waals surface area contributed by atoms with Crippen molar-refractivity contribution < 1.29 is 14.3 Å². The van der Waals surface area contributed by atoms with E-state index in [9.17, 15) is 4.79 Å². The normalized spacial score (nSPS) is 11.1. The molecule has 0 saturated heterocycles. The first kappa shape index (κ1) is 24.0. The van der Waals surface area contributed by atoms with Crippen LogP contribution < -0.4 is 14.4 Å². The number of thiazole rings is 1. The summed E-state index contributed by atoms with van der Waals surface area (Å²) in [5, 5.41) is 1.30. The summed E-state index contributed by atoms with van der Waals surface area (Å²) in [5.74, 6) is 1.04. The molecule has 0 N–H and O–H groups in total. The molecule has 178 valence electrons. The second-order valence-electron chi connectivity index (χ2n) is 7.70. The molecular formula is C25H27ClN4O3S. The summed E-state index contributed by atoms with van der Waals surface area (Å²) in [6.07, 6.45) is 6.18. The predicted octanol–water partition coefficient (Wildman–Crippen LogP) is 5.99. The average molecular weight is 499 g/mol. The number of rotatable bonds is 10. The smallest absolute Gasteiger partial charge is 0.260 e. The number of aromatic nitrogens is 3. The monoisotopic (exact) mass is 498 g/mol. The highest BCUT2D eigenvalue weighted by molar-refractivity contribution is 7.22. The first-order valence-electron chi connectivity index (χ1n) is 11.2. The fourth-order valence-electron chi connectivity index (χ4n) is 3.71. The molecule has 0 bridgehead atoms. The van der Waals surface area contributed by atoms with E-state index >= 15 is 0 Å². The van der Waals surface area contributed by atoms with Crippen LogP contribution in [0.25, 0.3) is 10.2 Å². The van der Waals surface area contributed by atoms with Gasteiger partial charge in [-0.3, -0.25) is 9.69 Å². The van der Waals surface area contributed by atoms with E-state index in [0.29, 0.717) is 47.0 Å². The van der Waals surface area contributed by atoms with Gasteiger partial charge in [-0.2, -0.15) is 0 Å². The standard InChI is InChI=1S/C25H27ClN4O3S/c1-4-32-20-8-7-18(14-21(20)33-5-2)24(31)30(11-6-10-29-12-9-27-16-29)25-28-23-17(3)13-19(26)15-22(23)34-25/h7-9,12-16H,4-6,10-11H2,1-3H3. The number of nitrogens with zero attached hydrogens (tertiary/aromatic N) is 4. The number of amides is 1. The molecule has 0 aliphatic rings. The van der Waals surface area contributed by atoms with Crippen molar-refractivity contribution in [2.24, 2.45) is 0 Å². The van der Waals surface area contributed by atoms with E-state index in [1.807, 2.05) is 43.7 Å². The van der Waals surface area contributed by atoms with Gasteiger partial charge in [0.25, 0.3) is 5.91 Å². The van der Waals surface area contributed by atoms with Crippen molar-refractivity contribution in [3.05, 3.63) is 65.2 Å². The molecule has 0 spiro atoms. The van der Waals surface area contributed by atoms with E-state index in [-0.39, 0.29) is 5.91 Å². The van der Waals surface area contributed by atoms with Gasteiger partial charge in [0.15, 0.2) is 16.6 Å². The van der Waals surface area contributed by atoms with E-state index in [1.165, 1.54) is 11.3 Å². The largest absolute Gasteiger partial charge is 0.490 e. The lowest BCUT2D eigenvalue weighted by molar-refractivity contribution is 0.0985. The van der Waals surface area contributed by atoms with Gasteiger partial charge in [-0.15, -0.1) is 0 Å². The van der Waals surface area contributed by atoms with Crippen molar-refractivity contribution in [1.29, 1.82) is 0 Å². The Morgan fingerprint density at radius 3 is 2.68 bits per heavy atom. The molecule has 4 aromatic rings. The van der Waals surface area contributed by atoms with E-state index in [2.05, 4.69) is 4.98 Å². The molecule has 0 saturated carbocycles. The Bertz CT molecular complexity index is 1270. The first-order valence-corrected chi connectivity index (χ1v) is 12.4. The van der Waals surface area contributed by atoms with Crippen molar-refractivity contribution >= 4 is 44.2 Å². The third kappa shape index (κ3) is 5.34. The van der Waals surface area contributed by atoms with Crippen molar-refractivity contribution in [3.63, 3.8) is 0 Å². The van der Waals surface area contributed by atoms with Crippen LogP contribution in [0.1, 0.15) is 36.2 Å². The minimum atomic E-state index is -0.141. The molecule has 2 aromatic carbocycles. The number of fused-ring (bicyclic) bond motifs is 1. The van der Waals surface area contributed by atoms with Gasteiger partial charge in [-0.25, -0.2) is 9.97 Å². The van der Waals surface area contributed by atoms with Gasteiger partial charge < -0.3 is 14.0 Å². The lowest BCUT2D eigenvalue weighted by Crippen LogP contribution is -2.32. The van der Waals surface area contributed by atoms with Gasteiger partial charge >= 0.3 is 0 Å². The number of ether oxygens (including phenoxy) is 2. The summed E-state index contributed by atoms with van der Waals surface area (Å²) in [6.45, 7) is 8.03. The van der Waals surface area contributed by atoms with E-state index in [4.69, 9.17) is 26.1 Å². The maximum absolute atomic E-state index is 13.7. The van der Waals surface area contributed by atoms with E-state index in [1.54, 1.807) is 35.6 Å². The Morgan fingerprint density at radius 1 is 1.15 bits per heavy atom. The number of benzene rings is 2. The maximum Gasteiger partial charge on any atom is 0.260 e. The zero-order valence-corrected chi connectivity index (χ0v) is 21.0. The Kier molecular flexibility index (Phi) is 7.70. The molecule has 7 nitrogen and oxygen atoms in total. The second-order valence-corrected chi connectivity index (χ2v) is 9.15. The topological polar surface area (TPSA) is 69.5 Å². The van der Waals surface area contributed by atoms with Gasteiger partial charge in [0.2, 0.25) is 0 Å². The lowest BCUT2D eigenvalue weighted by atomic mass is 10.1. The van der Waals surface area contributed by atoms with Crippen LogP contribution in [0.4, 0.5) is 5.13 Å². The highest BCUT2D eigenvalue weighted by Gasteiger charge is 2.23. The summed E-state index contributed by atoms with van der Waals surface area (Å²) in [5.41, 5.74) is 2.36. The van der Waals surface area contributed by atoms with Crippen LogP contribution in [0.2, 0.25) is 5.02 Å². The summed E-state index contributed by atoms with van der Waals surface area (Å²) in [7, 11) is 0. The molecule has 0 atom stereocenters. The average Bonchev–Trinajstić information content (AvgIpc) is 3.48. The molecule has 0 aliphatic heterocycles. The third-order valence-electron chi connectivity index (χ3n) is 5.26. The molecule has 34 heavy (non-hydrogen) atoms. The van der Waals surface area contributed by atoms with E-state index in [0.717, 1.165) is 28.7 Å². The quantitative estimate of drug-likeness (QED) is 0.268. The van der Waals surface area contributed by atoms with Crippen LogP contribution >= 0.6 is 22.9 Å². The number of aryl methyl sites for hydroxylation is 2. The van der Waals surface area contributed by atoms with Crippen LogP contribution in [0.3, 0.4) is 0 Å². The van der Waals surface area contributed by atoms with Gasteiger partial charge in [0.1, 0.15) is 0 Å². The van der Waals surface area contributed by atoms with Crippen LogP contribution in [0.5, 0.6) is 11.5 Å². The predicted molar refractivity (Wildman–Crippen MR) is 137 cm³/mol. The third-order valence-corrected chi connectivity index (χ3v) is 6.51. The summed E-state index contributed by atoms with van der Waals surface area (Å²) in [6, 6.07) is 9.08. The van der Waals surface area contributed by atoms with Gasteiger partial charge in [-0.1, -0.05) is 22.9 Å². The molecule has 2 heterocycles. The second kappa shape index (κ2) is 10.9. The Labute approximate surface area is 207 Å². The zero-order chi connectivity index (χ0) is 24.1. The first-order chi connectivity index (χ1) is 16.5. The molecular weight excluding hydrogens is 472 g/mol. The summed E-state index contributed by atoms with van der Waals surface area (Å²) in [4.78, 5) is 24.4. The van der Waals surface area contributed by atoms with Crippen LogP contribution in [0, 0.1) is 6.92 Å². The summed E-state index contributed by atoms with van der Waals surface area (Å²) < 4.78 is 14.3. The van der Waals surface area contributed by atoms with E-state index < -0.39 is 0 Å². The summed E-state index contributed by atoms with van der Waals surface area (Å²) >= 11 is 7.73. The lowest BCUT2D eigenvalue weighted by Gasteiger charge is -2.21. The Balaban J connectivity index is 1.68. The number of carbonyl (C=O) groups excluding carboxylic acids is 1. The van der Waals surface area contributed by atoms with Crippen LogP contribution in [-0.4, -0.2) is 40.2 Å². The van der Waals surface area contributed by atoms with Gasteiger partial charge in [0.05, 0.1) is 29.8 Å². The minimum absolute atomic E-state index is 0.141. The number of hydrogen-bond donors (Lipinski definition) is 0. The zero-order valence-electron chi connectivity index (χ0n) is 19.5. The number of carbonyl (C=O) groups is 1. The molecule has 0 radical (unpaired) electrons. The van der Waals surface area contributed by atoms with Crippen molar-refractivity contribution in [3.8, 4) is 11.5 Å². The minimum Gasteiger partial charge on any atom is -0.490 e. The molecule has 1 amide bonds. The van der Waals surface area contributed by atoms with Gasteiger partial charge in [-0.05, 0) is 63.1 Å².